The Bertz CT molecular complexity index is 901. The average molecular weight is 380 g/mol. The molecule has 0 unspecified atom stereocenters. The van der Waals surface area contributed by atoms with Crippen molar-refractivity contribution in [3.63, 3.8) is 0 Å². The monoisotopic (exact) mass is 379 g/mol. The van der Waals surface area contributed by atoms with Crippen molar-refractivity contribution >= 4 is 22.5 Å². The molecule has 0 aliphatic carbocycles. The second kappa shape index (κ2) is 8.24. The van der Waals surface area contributed by atoms with E-state index in [0.29, 0.717) is 48.1 Å². The Hall–Kier alpha value is -2.52. The molecule has 2 aromatic rings. The number of aromatic nitrogens is 2. The Morgan fingerprint density at radius 1 is 1.29 bits per heavy atom. The molecule has 6 nitrogen and oxygen atoms in total. The van der Waals surface area contributed by atoms with Crippen LogP contribution in [0.4, 0.5) is 5.69 Å². The fraction of sp³-hybridized carbons (Fsp3) is 0.545. The van der Waals surface area contributed by atoms with Crippen LogP contribution in [0, 0.1) is 28.6 Å². The zero-order valence-electron chi connectivity index (χ0n) is 17.0. The molecule has 1 aliphatic rings. The van der Waals surface area contributed by atoms with E-state index in [9.17, 15) is 10.1 Å². The van der Waals surface area contributed by atoms with Gasteiger partial charge in [0.2, 0.25) is 0 Å². The summed E-state index contributed by atoms with van der Waals surface area (Å²) in [4.78, 5) is 23.8. The summed E-state index contributed by atoms with van der Waals surface area (Å²) in [5.74, 6) is 1.09. The number of fused-ring (bicyclic) bond motifs is 1. The summed E-state index contributed by atoms with van der Waals surface area (Å²) in [6.07, 6.45) is 5.44. The molecule has 28 heavy (non-hydrogen) atoms. The van der Waals surface area contributed by atoms with E-state index in [1.54, 1.807) is 12.4 Å². The number of Topliss-reactive ketones (excluding diaryl/α,β-unsaturated/α-hetero) is 1. The third kappa shape index (κ3) is 4.48. The maximum atomic E-state index is 12.6. The first-order chi connectivity index (χ1) is 13.3. The quantitative estimate of drug-likeness (QED) is 0.827. The standard InChI is InChI=1S/C22H29N5O/c1-15-8-16(9-18(28)10-22(2,3)14-24)13-27(12-15)19-5-4-17(11-23)20-21(19)26-7-6-25-20/h4-7,15-16H,8-10,12-14,24H2,1-3H3/t15-,16-/m0/s1. The Kier molecular flexibility index (Phi) is 5.95. The molecule has 2 atom stereocenters. The molecule has 0 saturated carbocycles. The van der Waals surface area contributed by atoms with Crippen molar-refractivity contribution in [2.75, 3.05) is 24.5 Å². The first-order valence-electron chi connectivity index (χ1n) is 9.93. The molecular formula is C22H29N5O. The van der Waals surface area contributed by atoms with E-state index < -0.39 is 0 Å². The average Bonchev–Trinajstić information content (AvgIpc) is 2.66. The van der Waals surface area contributed by atoms with Gasteiger partial charge >= 0.3 is 0 Å². The van der Waals surface area contributed by atoms with Crippen LogP contribution < -0.4 is 10.6 Å². The van der Waals surface area contributed by atoms with E-state index in [4.69, 9.17) is 5.73 Å². The fourth-order valence-electron chi connectivity index (χ4n) is 4.21. The highest BCUT2D eigenvalue weighted by atomic mass is 16.1. The summed E-state index contributed by atoms with van der Waals surface area (Å²) >= 11 is 0. The van der Waals surface area contributed by atoms with E-state index in [0.717, 1.165) is 30.7 Å². The number of nitriles is 1. The summed E-state index contributed by atoms with van der Waals surface area (Å²) in [6, 6.07) is 5.97. The predicted octanol–water partition coefficient (Wildman–Crippen LogP) is 3.30. The van der Waals surface area contributed by atoms with Crippen molar-refractivity contribution < 1.29 is 4.79 Å². The van der Waals surface area contributed by atoms with Crippen LogP contribution >= 0.6 is 0 Å². The smallest absolute Gasteiger partial charge is 0.133 e. The number of piperidine rings is 1. The van der Waals surface area contributed by atoms with Gasteiger partial charge in [0, 0.05) is 38.3 Å². The number of rotatable bonds is 6. The zero-order chi connectivity index (χ0) is 20.3. The van der Waals surface area contributed by atoms with Gasteiger partial charge in [-0.2, -0.15) is 5.26 Å². The lowest BCUT2D eigenvalue weighted by molar-refractivity contribution is -0.121. The van der Waals surface area contributed by atoms with Crippen LogP contribution in [0.5, 0.6) is 0 Å². The van der Waals surface area contributed by atoms with Gasteiger partial charge < -0.3 is 10.6 Å². The second-order valence-electron chi connectivity index (χ2n) is 8.90. The summed E-state index contributed by atoms with van der Waals surface area (Å²) in [6.45, 7) is 8.56. The highest BCUT2D eigenvalue weighted by molar-refractivity contribution is 5.92. The molecule has 0 bridgehead atoms. The minimum Gasteiger partial charge on any atom is -0.369 e. The number of nitrogens with zero attached hydrogens (tertiary/aromatic N) is 4. The first-order valence-corrected chi connectivity index (χ1v) is 9.93. The van der Waals surface area contributed by atoms with Crippen LogP contribution in [0.25, 0.3) is 11.0 Å². The van der Waals surface area contributed by atoms with Gasteiger partial charge in [-0.1, -0.05) is 20.8 Å². The molecule has 0 spiro atoms. The van der Waals surface area contributed by atoms with Crippen molar-refractivity contribution in [2.24, 2.45) is 23.0 Å². The molecule has 3 rings (SSSR count). The van der Waals surface area contributed by atoms with Crippen LogP contribution in [0.15, 0.2) is 24.5 Å². The molecule has 1 saturated heterocycles. The van der Waals surface area contributed by atoms with Gasteiger partial charge in [0.15, 0.2) is 0 Å². The molecule has 1 aromatic carbocycles. The molecule has 0 amide bonds. The maximum absolute atomic E-state index is 12.6. The van der Waals surface area contributed by atoms with E-state index in [1.165, 1.54) is 0 Å². The number of benzene rings is 1. The molecule has 1 aliphatic heterocycles. The lowest BCUT2D eigenvalue weighted by Gasteiger charge is -2.38. The highest BCUT2D eigenvalue weighted by Crippen LogP contribution is 2.33. The molecule has 1 aromatic heterocycles. The number of carbonyl (C=O) groups is 1. The molecule has 1 fully saturated rings. The van der Waals surface area contributed by atoms with Gasteiger partial charge in [-0.25, -0.2) is 0 Å². The van der Waals surface area contributed by atoms with Gasteiger partial charge in [0.05, 0.1) is 11.3 Å². The Morgan fingerprint density at radius 3 is 2.68 bits per heavy atom. The van der Waals surface area contributed by atoms with Crippen molar-refractivity contribution in [3.8, 4) is 6.07 Å². The lowest BCUT2D eigenvalue weighted by atomic mass is 9.82. The number of hydrogen-bond acceptors (Lipinski definition) is 6. The van der Waals surface area contributed by atoms with Crippen molar-refractivity contribution in [1.29, 1.82) is 5.26 Å². The molecule has 2 heterocycles. The van der Waals surface area contributed by atoms with Gasteiger partial charge in [0.25, 0.3) is 0 Å². The van der Waals surface area contributed by atoms with E-state index in [2.05, 4.69) is 27.9 Å². The van der Waals surface area contributed by atoms with Crippen LogP contribution in [0.3, 0.4) is 0 Å². The number of anilines is 1. The van der Waals surface area contributed by atoms with Gasteiger partial charge in [-0.15, -0.1) is 0 Å². The van der Waals surface area contributed by atoms with E-state index in [1.807, 2.05) is 26.0 Å². The van der Waals surface area contributed by atoms with Crippen LogP contribution in [0.2, 0.25) is 0 Å². The lowest BCUT2D eigenvalue weighted by Crippen LogP contribution is -2.41. The van der Waals surface area contributed by atoms with Crippen LogP contribution in [-0.4, -0.2) is 35.4 Å². The topological polar surface area (TPSA) is 95.9 Å². The fourth-order valence-corrected chi connectivity index (χ4v) is 4.21. The second-order valence-corrected chi connectivity index (χ2v) is 8.90. The van der Waals surface area contributed by atoms with Gasteiger partial charge in [0.1, 0.15) is 22.9 Å². The van der Waals surface area contributed by atoms with Crippen LogP contribution in [0.1, 0.15) is 45.6 Å². The summed E-state index contributed by atoms with van der Waals surface area (Å²) in [5.41, 5.74) is 8.57. The first kappa shape index (κ1) is 20.2. The summed E-state index contributed by atoms with van der Waals surface area (Å²) in [5, 5.41) is 9.36. The highest BCUT2D eigenvalue weighted by Gasteiger charge is 2.29. The van der Waals surface area contributed by atoms with Crippen molar-refractivity contribution in [2.45, 2.75) is 40.0 Å². The molecule has 6 heteroatoms. The minimum atomic E-state index is -0.143. The Morgan fingerprint density at radius 2 is 2.00 bits per heavy atom. The Balaban J connectivity index is 1.81. The number of ketones is 1. The molecule has 0 radical (unpaired) electrons. The number of nitrogens with two attached hydrogens (primary N) is 1. The van der Waals surface area contributed by atoms with Crippen molar-refractivity contribution in [3.05, 3.63) is 30.1 Å². The number of hydrogen-bond donors (Lipinski definition) is 1. The number of carbonyl (C=O) groups excluding carboxylic acids is 1. The van der Waals surface area contributed by atoms with Crippen LogP contribution in [-0.2, 0) is 4.79 Å². The normalized spacial score (nSPS) is 20.2. The largest absolute Gasteiger partial charge is 0.369 e. The third-order valence-electron chi connectivity index (χ3n) is 5.56. The SMILES string of the molecule is C[C@H]1C[C@@H](CC(=O)CC(C)(C)CN)CN(c2ccc(C#N)c3nccnc23)C1. The zero-order valence-corrected chi connectivity index (χ0v) is 17.0. The van der Waals surface area contributed by atoms with E-state index >= 15 is 0 Å². The van der Waals surface area contributed by atoms with Gasteiger partial charge in [-0.3, -0.25) is 14.8 Å². The predicted molar refractivity (Wildman–Crippen MR) is 111 cm³/mol. The van der Waals surface area contributed by atoms with Gasteiger partial charge in [-0.05, 0) is 42.3 Å². The van der Waals surface area contributed by atoms with E-state index in [-0.39, 0.29) is 5.41 Å². The molecular weight excluding hydrogens is 350 g/mol. The summed E-state index contributed by atoms with van der Waals surface area (Å²) < 4.78 is 0. The third-order valence-corrected chi connectivity index (χ3v) is 5.56. The Labute approximate surface area is 166 Å². The minimum absolute atomic E-state index is 0.143. The summed E-state index contributed by atoms with van der Waals surface area (Å²) in [7, 11) is 0. The van der Waals surface area contributed by atoms with Crippen molar-refractivity contribution in [1.82, 2.24) is 9.97 Å². The molecule has 148 valence electrons. The maximum Gasteiger partial charge on any atom is 0.133 e. The molecule has 2 N–H and O–H groups in total.